The first-order chi connectivity index (χ1) is 6.40. The van der Waals surface area contributed by atoms with Crippen LogP contribution in [-0.4, -0.2) is 29.6 Å². The Labute approximate surface area is 77.8 Å². The summed E-state index contributed by atoms with van der Waals surface area (Å²) in [6, 6.07) is 0. The fourth-order valence-corrected chi connectivity index (χ4v) is 1.69. The summed E-state index contributed by atoms with van der Waals surface area (Å²) in [5.41, 5.74) is 5.61. The van der Waals surface area contributed by atoms with Gasteiger partial charge in [0.15, 0.2) is 0 Å². The van der Waals surface area contributed by atoms with Gasteiger partial charge in [-0.1, -0.05) is 0 Å². The Morgan fingerprint density at radius 3 is 3.08 bits per heavy atom. The van der Waals surface area contributed by atoms with Crippen LogP contribution in [0.1, 0.15) is 6.42 Å². The van der Waals surface area contributed by atoms with Gasteiger partial charge >= 0.3 is 0 Å². The highest BCUT2D eigenvalue weighted by atomic mass is 15.2. The second kappa shape index (κ2) is 3.70. The predicted octanol–water partition coefficient (Wildman–Crippen LogP) is 0.262. The van der Waals surface area contributed by atoms with E-state index in [1.807, 2.05) is 0 Å². The number of nitrogens with two attached hydrogens (primary N) is 1. The van der Waals surface area contributed by atoms with E-state index in [-0.39, 0.29) is 0 Å². The molecule has 1 atom stereocenters. The SMILES string of the molecule is NCC1CCN(c2cnccn2)C1. The molecule has 0 radical (unpaired) electrons. The highest BCUT2D eigenvalue weighted by Gasteiger charge is 2.21. The van der Waals surface area contributed by atoms with E-state index in [0.717, 1.165) is 25.5 Å². The minimum Gasteiger partial charge on any atom is -0.355 e. The highest BCUT2D eigenvalue weighted by Crippen LogP contribution is 2.19. The molecule has 2 N–H and O–H groups in total. The number of rotatable bonds is 2. The molecule has 2 rings (SSSR count). The predicted molar refractivity (Wildman–Crippen MR) is 51.4 cm³/mol. The van der Waals surface area contributed by atoms with E-state index in [2.05, 4.69) is 14.9 Å². The van der Waals surface area contributed by atoms with Crippen LogP contribution in [0.4, 0.5) is 5.82 Å². The van der Waals surface area contributed by atoms with E-state index >= 15 is 0 Å². The number of hydrogen-bond acceptors (Lipinski definition) is 4. The van der Waals surface area contributed by atoms with Gasteiger partial charge in [-0.15, -0.1) is 0 Å². The molecule has 4 heteroatoms. The smallest absolute Gasteiger partial charge is 0.147 e. The number of hydrogen-bond donors (Lipinski definition) is 1. The van der Waals surface area contributed by atoms with Gasteiger partial charge in [-0.05, 0) is 18.9 Å². The molecule has 1 fully saturated rings. The van der Waals surface area contributed by atoms with E-state index < -0.39 is 0 Å². The van der Waals surface area contributed by atoms with Crippen molar-refractivity contribution in [1.29, 1.82) is 0 Å². The van der Waals surface area contributed by atoms with Gasteiger partial charge in [-0.3, -0.25) is 4.98 Å². The molecule has 1 aromatic rings. The van der Waals surface area contributed by atoms with Crippen molar-refractivity contribution >= 4 is 5.82 Å². The standard InChI is InChI=1S/C9H14N4/c10-5-8-1-4-13(7-8)9-6-11-2-3-12-9/h2-3,6,8H,1,4-5,7,10H2. The molecule has 2 heterocycles. The first kappa shape index (κ1) is 8.44. The molecule has 0 spiro atoms. The molecule has 4 nitrogen and oxygen atoms in total. The molecule has 0 bridgehead atoms. The Bertz CT molecular complexity index is 262. The average molecular weight is 178 g/mol. The van der Waals surface area contributed by atoms with Crippen molar-refractivity contribution in [2.24, 2.45) is 11.7 Å². The first-order valence-electron chi connectivity index (χ1n) is 4.61. The van der Waals surface area contributed by atoms with Gasteiger partial charge in [-0.2, -0.15) is 0 Å². The van der Waals surface area contributed by atoms with Gasteiger partial charge in [0.2, 0.25) is 0 Å². The Kier molecular flexibility index (Phi) is 2.40. The van der Waals surface area contributed by atoms with Gasteiger partial charge in [0.05, 0.1) is 6.20 Å². The largest absolute Gasteiger partial charge is 0.355 e. The van der Waals surface area contributed by atoms with Crippen LogP contribution >= 0.6 is 0 Å². The number of anilines is 1. The van der Waals surface area contributed by atoms with E-state index in [9.17, 15) is 0 Å². The molecule has 0 amide bonds. The van der Waals surface area contributed by atoms with Crippen molar-refractivity contribution in [1.82, 2.24) is 9.97 Å². The van der Waals surface area contributed by atoms with Crippen molar-refractivity contribution in [3.05, 3.63) is 18.6 Å². The minimum absolute atomic E-state index is 0.627. The van der Waals surface area contributed by atoms with Crippen LogP contribution in [0.25, 0.3) is 0 Å². The topological polar surface area (TPSA) is 55.0 Å². The third kappa shape index (κ3) is 1.78. The summed E-state index contributed by atoms with van der Waals surface area (Å²) in [6.07, 6.45) is 6.40. The molecule has 13 heavy (non-hydrogen) atoms. The maximum absolute atomic E-state index is 5.61. The molecule has 1 aliphatic heterocycles. The first-order valence-corrected chi connectivity index (χ1v) is 4.61. The van der Waals surface area contributed by atoms with Crippen LogP contribution < -0.4 is 10.6 Å². The van der Waals surface area contributed by atoms with Crippen molar-refractivity contribution < 1.29 is 0 Å². The maximum Gasteiger partial charge on any atom is 0.147 e. The van der Waals surface area contributed by atoms with Crippen molar-refractivity contribution in [3.8, 4) is 0 Å². The third-order valence-electron chi connectivity index (χ3n) is 2.49. The summed E-state index contributed by atoms with van der Waals surface area (Å²) in [7, 11) is 0. The lowest BCUT2D eigenvalue weighted by molar-refractivity contribution is 0.602. The van der Waals surface area contributed by atoms with Crippen LogP contribution in [0.15, 0.2) is 18.6 Å². The van der Waals surface area contributed by atoms with Gasteiger partial charge in [0, 0.05) is 25.5 Å². The Balaban J connectivity index is 2.04. The van der Waals surface area contributed by atoms with Gasteiger partial charge in [0.25, 0.3) is 0 Å². The minimum atomic E-state index is 0.627. The van der Waals surface area contributed by atoms with Gasteiger partial charge in [0.1, 0.15) is 5.82 Å². The molecule has 1 saturated heterocycles. The zero-order valence-corrected chi connectivity index (χ0v) is 7.56. The third-order valence-corrected chi connectivity index (χ3v) is 2.49. The average Bonchev–Trinajstić information content (AvgIpc) is 2.67. The fourth-order valence-electron chi connectivity index (χ4n) is 1.69. The summed E-state index contributed by atoms with van der Waals surface area (Å²) in [5.74, 6) is 1.60. The summed E-state index contributed by atoms with van der Waals surface area (Å²) < 4.78 is 0. The lowest BCUT2D eigenvalue weighted by Gasteiger charge is -2.15. The maximum atomic E-state index is 5.61. The van der Waals surface area contributed by atoms with Crippen LogP contribution in [0.5, 0.6) is 0 Å². The number of aromatic nitrogens is 2. The summed E-state index contributed by atoms with van der Waals surface area (Å²) in [5, 5.41) is 0. The zero-order chi connectivity index (χ0) is 9.10. The second-order valence-corrected chi connectivity index (χ2v) is 3.40. The highest BCUT2D eigenvalue weighted by molar-refractivity contribution is 5.36. The van der Waals surface area contributed by atoms with Crippen molar-refractivity contribution in [3.63, 3.8) is 0 Å². The van der Waals surface area contributed by atoms with E-state index in [1.165, 1.54) is 6.42 Å². The second-order valence-electron chi connectivity index (χ2n) is 3.40. The molecule has 1 unspecified atom stereocenters. The lowest BCUT2D eigenvalue weighted by Crippen LogP contribution is -2.23. The summed E-state index contributed by atoms with van der Waals surface area (Å²) in [6.45, 7) is 2.85. The van der Waals surface area contributed by atoms with E-state index in [0.29, 0.717) is 5.92 Å². The lowest BCUT2D eigenvalue weighted by atomic mass is 10.1. The quantitative estimate of drug-likeness (QED) is 0.706. The van der Waals surface area contributed by atoms with E-state index in [1.54, 1.807) is 18.6 Å². The molecule has 0 aromatic carbocycles. The normalized spacial score (nSPS) is 22.2. The van der Waals surface area contributed by atoms with Crippen molar-refractivity contribution in [2.45, 2.75) is 6.42 Å². The molecule has 0 aliphatic carbocycles. The van der Waals surface area contributed by atoms with Crippen molar-refractivity contribution in [2.75, 3.05) is 24.5 Å². The monoisotopic (exact) mass is 178 g/mol. The fraction of sp³-hybridized carbons (Fsp3) is 0.556. The van der Waals surface area contributed by atoms with Gasteiger partial charge in [-0.25, -0.2) is 4.98 Å². The van der Waals surface area contributed by atoms with Crippen LogP contribution in [0, 0.1) is 5.92 Å². The Morgan fingerprint density at radius 1 is 1.54 bits per heavy atom. The number of nitrogens with zero attached hydrogens (tertiary/aromatic N) is 3. The molecular weight excluding hydrogens is 164 g/mol. The molecule has 0 saturated carbocycles. The Hall–Kier alpha value is -1.16. The molecule has 70 valence electrons. The molecule has 1 aromatic heterocycles. The zero-order valence-electron chi connectivity index (χ0n) is 7.56. The van der Waals surface area contributed by atoms with E-state index in [4.69, 9.17) is 5.73 Å². The summed E-state index contributed by atoms with van der Waals surface area (Å²) in [4.78, 5) is 10.5. The van der Waals surface area contributed by atoms with Crippen LogP contribution in [0.3, 0.4) is 0 Å². The van der Waals surface area contributed by atoms with Crippen LogP contribution in [0.2, 0.25) is 0 Å². The molecular formula is C9H14N4. The molecule has 1 aliphatic rings. The van der Waals surface area contributed by atoms with Gasteiger partial charge < -0.3 is 10.6 Å². The summed E-state index contributed by atoms with van der Waals surface area (Å²) >= 11 is 0. The van der Waals surface area contributed by atoms with Crippen LogP contribution in [-0.2, 0) is 0 Å². The Morgan fingerprint density at radius 2 is 2.46 bits per heavy atom.